The number of halogens is 1. The maximum Gasteiger partial charge on any atom is 0.0623 e. The first-order chi connectivity index (χ1) is 5.70. The summed E-state index contributed by atoms with van der Waals surface area (Å²) in [5, 5.41) is 0. The van der Waals surface area contributed by atoms with Gasteiger partial charge >= 0.3 is 0 Å². The van der Waals surface area contributed by atoms with Crippen LogP contribution in [0.3, 0.4) is 0 Å². The molecule has 1 aromatic rings. The van der Waals surface area contributed by atoms with Crippen molar-refractivity contribution in [2.75, 3.05) is 0 Å². The van der Waals surface area contributed by atoms with Crippen molar-refractivity contribution in [3.63, 3.8) is 0 Å². The van der Waals surface area contributed by atoms with Gasteiger partial charge in [0.05, 0.1) is 4.95 Å². The molecule has 0 amide bonds. The fourth-order valence-electron chi connectivity index (χ4n) is 1.08. The van der Waals surface area contributed by atoms with Crippen LogP contribution < -0.4 is 11.5 Å². The van der Waals surface area contributed by atoms with Gasteiger partial charge in [0.1, 0.15) is 0 Å². The highest BCUT2D eigenvalue weighted by atomic mass is 79.9. The molecule has 0 aliphatic carbocycles. The second-order valence-corrected chi connectivity index (χ2v) is 3.95. The monoisotopic (exact) mass is 228 g/mol. The van der Waals surface area contributed by atoms with Crippen LogP contribution in [-0.2, 0) is 0 Å². The van der Waals surface area contributed by atoms with Crippen LogP contribution in [0.25, 0.3) is 0 Å². The lowest BCUT2D eigenvalue weighted by molar-refractivity contribution is 0.642. The predicted octanol–water partition coefficient (Wildman–Crippen LogP) is 1.76. The van der Waals surface area contributed by atoms with E-state index in [1.807, 2.05) is 30.3 Å². The maximum absolute atomic E-state index is 5.89. The SMILES string of the molecule is NC(Br)CC(N)c1ccccc1. The van der Waals surface area contributed by atoms with Gasteiger partial charge in [-0.05, 0) is 12.0 Å². The summed E-state index contributed by atoms with van der Waals surface area (Å²) in [5.41, 5.74) is 12.6. The molecule has 0 aliphatic rings. The minimum atomic E-state index is -0.0206. The Bertz CT molecular complexity index is 223. The fourth-order valence-corrected chi connectivity index (χ4v) is 1.48. The molecule has 66 valence electrons. The van der Waals surface area contributed by atoms with Gasteiger partial charge in [-0.25, -0.2) is 0 Å². The zero-order valence-corrected chi connectivity index (χ0v) is 8.37. The van der Waals surface area contributed by atoms with E-state index in [1.54, 1.807) is 0 Å². The molecule has 0 bridgehead atoms. The van der Waals surface area contributed by atoms with Crippen LogP contribution in [0.5, 0.6) is 0 Å². The van der Waals surface area contributed by atoms with Gasteiger partial charge in [-0.1, -0.05) is 46.3 Å². The average Bonchev–Trinajstić information content (AvgIpc) is 2.05. The van der Waals surface area contributed by atoms with E-state index in [0.29, 0.717) is 0 Å². The van der Waals surface area contributed by atoms with Gasteiger partial charge in [0.2, 0.25) is 0 Å². The molecular weight excluding hydrogens is 216 g/mol. The molecule has 4 N–H and O–H groups in total. The van der Waals surface area contributed by atoms with Crippen molar-refractivity contribution >= 4 is 15.9 Å². The Morgan fingerprint density at radius 3 is 2.25 bits per heavy atom. The average molecular weight is 229 g/mol. The van der Waals surface area contributed by atoms with E-state index >= 15 is 0 Å². The third-order valence-electron chi connectivity index (χ3n) is 1.71. The number of alkyl halides is 1. The molecule has 3 heteroatoms. The van der Waals surface area contributed by atoms with Gasteiger partial charge in [-0.3, -0.25) is 0 Å². The largest absolute Gasteiger partial charge is 0.324 e. The van der Waals surface area contributed by atoms with Crippen LogP contribution >= 0.6 is 15.9 Å². The quantitative estimate of drug-likeness (QED) is 0.612. The Hall–Kier alpha value is -0.380. The molecule has 0 fully saturated rings. The van der Waals surface area contributed by atoms with Crippen molar-refractivity contribution in [2.24, 2.45) is 11.5 Å². The van der Waals surface area contributed by atoms with E-state index in [-0.39, 0.29) is 11.0 Å². The molecule has 2 nitrogen and oxygen atoms in total. The highest BCUT2D eigenvalue weighted by molar-refractivity contribution is 9.09. The molecule has 0 radical (unpaired) electrons. The Morgan fingerprint density at radius 1 is 1.17 bits per heavy atom. The molecular formula is C9H13BrN2. The van der Waals surface area contributed by atoms with Gasteiger partial charge in [-0.15, -0.1) is 0 Å². The lowest BCUT2D eigenvalue weighted by Gasteiger charge is -2.12. The molecule has 1 rings (SSSR count). The number of hydrogen-bond acceptors (Lipinski definition) is 2. The summed E-state index contributed by atoms with van der Waals surface area (Å²) in [6.07, 6.45) is 0.754. The third-order valence-corrected chi connectivity index (χ3v) is 2.08. The summed E-state index contributed by atoms with van der Waals surface area (Å²) >= 11 is 3.27. The Morgan fingerprint density at radius 2 is 1.75 bits per heavy atom. The number of benzene rings is 1. The van der Waals surface area contributed by atoms with Crippen molar-refractivity contribution in [2.45, 2.75) is 17.4 Å². The van der Waals surface area contributed by atoms with E-state index in [2.05, 4.69) is 15.9 Å². The van der Waals surface area contributed by atoms with Crippen LogP contribution in [0.2, 0.25) is 0 Å². The second kappa shape index (κ2) is 4.60. The minimum Gasteiger partial charge on any atom is -0.324 e. The molecule has 2 atom stereocenters. The van der Waals surface area contributed by atoms with E-state index < -0.39 is 0 Å². The van der Waals surface area contributed by atoms with E-state index in [9.17, 15) is 0 Å². The highest BCUT2D eigenvalue weighted by Crippen LogP contribution is 2.16. The van der Waals surface area contributed by atoms with Gasteiger partial charge in [0, 0.05) is 6.04 Å². The first-order valence-electron chi connectivity index (χ1n) is 3.90. The number of hydrogen-bond donors (Lipinski definition) is 2. The summed E-state index contributed by atoms with van der Waals surface area (Å²) in [7, 11) is 0. The summed E-state index contributed by atoms with van der Waals surface area (Å²) in [6, 6.07) is 9.99. The van der Waals surface area contributed by atoms with Crippen LogP contribution in [0.15, 0.2) is 30.3 Å². The second-order valence-electron chi connectivity index (χ2n) is 2.77. The van der Waals surface area contributed by atoms with Crippen LogP contribution in [0, 0.1) is 0 Å². The van der Waals surface area contributed by atoms with Gasteiger partial charge < -0.3 is 11.5 Å². The summed E-state index contributed by atoms with van der Waals surface area (Å²) in [6.45, 7) is 0. The van der Waals surface area contributed by atoms with E-state index in [0.717, 1.165) is 12.0 Å². The maximum atomic E-state index is 5.89. The zero-order valence-electron chi connectivity index (χ0n) is 6.78. The summed E-state index contributed by atoms with van der Waals surface area (Å²) in [4.78, 5) is -0.0206. The molecule has 0 spiro atoms. The molecule has 2 unspecified atom stereocenters. The Balaban J connectivity index is 2.59. The topological polar surface area (TPSA) is 52.0 Å². The first-order valence-corrected chi connectivity index (χ1v) is 4.82. The molecule has 12 heavy (non-hydrogen) atoms. The number of nitrogens with two attached hydrogens (primary N) is 2. The Kier molecular flexibility index (Phi) is 3.72. The molecule has 0 saturated heterocycles. The smallest absolute Gasteiger partial charge is 0.0623 e. The minimum absolute atomic E-state index is 0.0206. The van der Waals surface area contributed by atoms with Gasteiger partial charge in [-0.2, -0.15) is 0 Å². The van der Waals surface area contributed by atoms with Crippen LogP contribution in [0.4, 0.5) is 0 Å². The lowest BCUT2D eigenvalue weighted by atomic mass is 10.1. The van der Waals surface area contributed by atoms with Crippen molar-refractivity contribution in [1.29, 1.82) is 0 Å². The van der Waals surface area contributed by atoms with Crippen molar-refractivity contribution in [3.8, 4) is 0 Å². The molecule has 0 heterocycles. The summed E-state index contributed by atoms with van der Waals surface area (Å²) in [5.74, 6) is 0. The van der Waals surface area contributed by atoms with Crippen molar-refractivity contribution < 1.29 is 0 Å². The van der Waals surface area contributed by atoms with E-state index in [4.69, 9.17) is 11.5 Å². The van der Waals surface area contributed by atoms with E-state index in [1.165, 1.54) is 0 Å². The van der Waals surface area contributed by atoms with Gasteiger partial charge in [0.15, 0.2) is 0 Å². The normalized spacial score (nSPS) is 15.6. The fraction of sp³-hybridized carbons (Fsp3) is 0.333. The third kappa shape index (κ3) is 2.93. The highest BCUT2D eigenvalue weighted by Gasteiger charge is 2.07. The summed E-state index contributed by atoms with van der Waals surface area (Å²) < 4.78 is 0. The first kappa shape index (κ1) is 9.71. The zero-order chi connectivity index (χ0) is 8.97. The van der Waals surface area contributed by atoms with Gasteiger partial charge in [0.25, 0.3) is 0 Å². The predicted molar refractivity (Wildman–Crippen MR) is 54.9 cm³/mol. The van der Waals surface area contributed by atoms with Crippen LogP contribution in [0.1, 0.15) is 18.0 Å². The molecule has 1 aromatic carbocycles. The molecule has 0 saturated carbocycles. The van der Waals surface area contributed by atoms with Crippen molar-refractivity contribution in [3.05, 3.63) is 35.9 Å². The molecule has 0 aromatic heterocycles. The number of rotatable bonds is 3. The molecule has 0 aliphatic heterocycles. The lowest BCUT2D eigenvalue weighted by Crippen LogP contribution is -2.20. The van der Waals surface area contributed by atoms with Crippen LogP contribution in [-0.4, -0.2) is 4.95 Å². The standard InChI is InChI=1S/C9H13BrN2/c10-9(12)6-8(11)7-4-2-1-3-5-7/h1-5,8-9H,6,11-12H2. The Labute approximate surface area is 81.1 Å². The van der Waals surface area contributed by atoms with Crippen molar-refractivity contribution in [1.82, 2.24) is 0 Å².